The Labute approximate surface area is 176 Å². The van der Waals surface area contributed by atoms with Gasteiger partial charge in [-0.25, -0.2) is 18.5 Å². The van der Waals surface area contributed by atoms with Gasteiger partial charge in [0.1, 0.15) is 11.4 Å². The second-order valence-corrected chi connectivity index (χ2v) is 8.78. The van der Waals surface area contributed by atoms with Crippen LogP contribution in [0.4, 0.5) is 5.69 Å². The highest BCUT2D eigenvalue weighted by Gasteiger charge is 2.12. The van der Waals surface area contributed by atoms with E-state index in [1.54, 1.807) is 4.52 Å². The second kappa shape index (κ2) is 8.22. The van der Waals surface area contributed by atoms with Crippen molar-refractivity contribution in [2.45, 2.75) is 9.92 Å². The van der Waals surface area contributed by atoms with Crippen molar-refractivity contribution in [3.63, 3.8) is 0 Å². The van der Waals surface area contributed by atoms with Crippen LogP contribution in [0.15, 0.2) is 76.9 Å². The minimum Gasteiger partial charge on any atom is -0.325 e. The van der Waals surface area contributed by atoms with Gasteiger partial charge in [0.15, 0.2) is 0 Å². The molecule has 0 spiro atoms. The second-order valence-electron chi connectivity index (χ2n) is 6.22. The van der Waals surface area contributed by atoms with Gasteiger partial charge in [0.25, 0.3) is 5.78 Å². The number of fused-ring (bicyclic) bond motifs is 1. The number of aromatic nitrogens is 4. The Balaban J connectivity index is 1.49. The summed E-state index contributed by atoms with van der Waals surface area (Å²) >= 11 is 1.29. The number of thioether (sulfide) groups is 1. The third-order valence-corrected chi connectivity index (χ3v) is 6.03. The molecule has 152 valence electrons. The van der Waals surface area contributed by atoms with Gasteiger partial charge < -0.3 is 5.32 Å². The molecule has 0 unspecified atom stereocenters. The van der Waals surface area contributed by atoms with E-state index in [1.165, 1.54) is 42.4 Å². The molecule has 0 saturated carbocycles. The molecule has 4 aromatic rings. The number of carbonyl (C=O) groups is 1. The van der Waals surface area contributed by atoms with E-state index >= 15 is 0 Å². The Kier molecular flexibility index (Phi) is 5.48. The Bertz CT molecular complexity index is 1310. The molecule has 0 saturated heterocycles. The maximum atomic E-state index is 12.4. The number of hydrogen-bond donors (Lipinski definition) is 2. The van der Waals surface area contributed by atoms with Crippen molar-refractivity contribution in [2.24, 2.45) is 5.14 Å². The van der Waals surface area contributed by atoms with E-state index in [4.69, 9.17) is 5.14 Å². The number of benzene rings is 2. The van der Waals surface area contributed by atoms with Gasteiger partial charge in [-0.2, -0.15) is 14.6 Å². The topological polar surface area (TPSA) is 132 Å². The fourth-order valence-corrected chi connectivity index (χ4v) is 4.02. The number of nitrogens with one attached hydrogen (secondary N) is 1. The van der Waals surface area contributed by atoms with Gasteiger partial charge in [-0.3, -0.25) is 4.79 Å². The highest BCUT2D eigenvalue weighted by molar-refractivity contribution is 7.99. The molecule has 2 heterocycles. The summed E-state index contributed by atoms with van der Waals surface area (Å²) in [5.41, 5.74) is 2.14. The fraction of sp³-hybridized carbons (Fsp3) is 0.0526. The number of primary sulfonamides is 1. The lowest BCUT2D eigenvalue weighted by Crippen LogP contribution is -2.15. The molecule has 2 aromatic carbocycles. The van der Waals surface area contributed by atoms with Crippen LogP contribution in [0.3, 0.4) is 0 Å². The lowest BCUT2D eigenvalue weighted by atomic mass is 10.1. The Morgan fingerprint density at radius 2 is 1.83 bits per heavy atom. The zero-order valence-corrected chi connectivity index (χ0v) is 17.1. The molecule has 11 heteroatoms. The number of amides is 1. The summed E-state index contributed by atoms with van der Waals surface area (Å²) in [5.74, 6) is 0.303. The van der Waals surface area contributed by atoms with Crippen molar-refractivity contribution in [3.05, 3.63) is 67.0 Å². The number of sulfonamides is 1. The van der Waals surface area contributed by atoms with Gasteiger partial charge in [-0.15, -0.1) is 0 Å². The first-order valence-corrected chi connectivity index (χ1v) is 11.2. The van der Waals surface area contributed by atoms with Crippen molar-refractivity contribution in [1.29, 1.82) is 0 Å². The van der Waals surface area contributed by atoms with E-state index in [0.29, 0.717) is 11.5 Å². The van der Waals surface area contributed by atoms with Crippen LogP contribution in [0.5, 0.6) is 0 Å². The van der Waals surface area contributed by atoms with E-state index < -0.39 is 10.0 Å². The third-order valence-electron chi connectivity index (χ3n) is 4.11. The Morgan fingerprint density at radius 3 is 2.53 bits per heavy atom. The molecular formula is C19H16N6O3S2. The van der Waals surface area contributed by atoms with E-state index in [9.17, 15) is 13.2 Å². The highest BCUT2D eigenvalue weighted by atomic mass is 32.2. The predicted octanol–water partition coefficient (Wildman–Crippen LogP) is 2.17. The summed E-state index contributed by atoms with van der Waals surface area (Å²) in [6.45, 7) is 0. The van der Waals surface area contributed by atoms with Crippen LogP contribution < -0.4 is 10.5 Å². The zero-order chi connectivity index (χ0) is 21.1. The fourth-order valence-electron chi connectivity index (χ4n) is 2.71. The monoisotopic (exact) mass is 440 g/mol. The smallest absolute Gasteiger partial charge is 0.253 e. The summed E-state index contributed by atoms with van der Waals surface area (Å²) in [7, 11) is -3.77. The molecule has 0 aliphatic carbocycles. The first kappa shape index (κ1) is 20.0. The maximum absolute atomic E-state index is 12.4. The van der Waals surface area contributed by atoms with Gasteiger partial charge >= 0.3 is 0 Å². The minimum absolute atomic E-state index is 0.0197. The maximum Gasteiger partial charge on any atom is 0.253 e. The summed E-state index contributed by atoms with van der Waals surface area (Å²) in [4.78, 5) is 21.0. The molecule has 0 fully saturated rings. The van der Waals surface area contributed by atoms with Crippen LogP contribution in [0.25, 0.3) is 17.0 Å². The van der Waals surface area contributed by atoms with Gasteiger partial charge in [0.05, 0.1) is 16.3 Å². The number of nitrogens with two attached hydrogens (primary N) is 1. The molecule has 0 aliphatic heterocycles. The molecule has 2 aromatic heterocycles. The molecule has 0 radical (unpaired) electrons. The van der Waals surface area contributed by atoms with Crippen LogP contribution in [-0.2, 0) is 14.8 Å². The molecule has 30 heavy (non-hydrogen) atoms. The van der Waals surface area contributed by atoms with Crippen molar-refractivity contribution in [2.75, 3.05) is 11.1 Å². The van der Waals surface area contributed by atoms with Crippen molar-refractivity contribution >= 4 is 39.2 Å². The number of anilines is 1. The predicted molar refractivity (Wildman–Crippen MR) is 113 cm³/mol. The van der Waals surface area contributed by atoms with Crippen LogP contribution in [0, 0.1) is 0 Å². The number of nitrogens with zero attached hydrogens (tertiary/aromatic N) is 4. The van der Waals surface area contributed by atoms with Crippen molar-refractivity contribution in [1.82, 2.24) is 19.6 Å². The summed E-state index contributed by atoms with van der Waals surface area (Å²) < 4.78 is 24.2. The first-order valence-electron chi connectivity index (χ1n) is 8.72. The summed E-state index contributed by atoms with van der Waals surface area (Å²) in [6.07, 6.45) is 1.41. The van der Waals surface area contributed by atoms with Gasteiger partial charge in [0.2, 0.25) is 15.9 Å². The van der Waals surface area contributed by atoms with Gasteiger partial charge in [0, 0.05) is 11.3 Å². The lowest BCUT2D eigenvalue weighted by molar-refractivity contribution is -0.113. The summed E-state index contributed by atoms with van der Waals surface area (Å²) in [6, 6.07) is 17.2. The normalized spacial score (nSPS) is 11.5. The molecule has 3 N–H and O–H groups in total. The van der Waals surface area contributed by atoms with Crippen LogP contribution >= 0.6 is 11.8 Å². The standard InChI is InChI=1S/C19H16N6O3S2/c20-30(27,28)15-8-6-14(7-9-15)23-17(26)11-29-18-10-16(13-4-2-1-3-5-13)24-19-21-12-22-25(18)19/h1-10,12H,11H2,(H,23,26)(H2,20,27,28). The zero-order valence-electron chi connectivity index (χ0n) is 15.5. The molecule has 0 bridgehead atoms. The first-order chi connectivity index (χ1) is 14.4. The number of hydrogen-bond acceptors (Lipinski definition) is 7. The van der Waals surface area contributed by atoms with Crippen molar-refractivity contribution < 1.29 is 13.2 Å². The number of rotatable bonds is 6. The molecule has 1 amide bonds. The summed E-state index contributed by atoms with van der Waals surface area (Å²) in [5, 5.41) is 12.7. The van der Waals surface area contributed by atoms with Crippen LogP contribution in [-0.4, -0.2) is 39.7 Å². The average molecular weight is 441 g/mol. The minimum atomic E-state index is -3.77. The van der Waals surface area contributed by atoms with Gasteiger partial charge in [-0.1, -0.05) is 42.1 Å². The molecule has 4 rings (SSSR count). The number of carbonyl (C=O) groups excluding carboxylic acids is 1. The Hall–Kier alpha value is -3.28. The van der Waals surface area contributed by atoms with E-state index in [1.807, 2.05) is 36.4 Å². The Morgan fingerprint density at radius 1 is 1.10 bits per heavy atom. The average Bonchev–Trinajstić information content (AvgIpc) is 3.21. The lowest BCUT2D eigenvalue weighted by Gasteiger charge is -2.08. The SMILES string of the molecule is NS(=O)(=O)c1ccc(NC(=O)CSc2cc(-c3ccccc3)nc3ncnn23)cc1. The largest absolute Gasteiger partial charge is 0.325 e. The molecule has 0 aliphatic rings. The van der Waals surface area contributed by atoms with Crippen LogP contribution in [0.1, 0.15) is 0 Å². The van der Waals surface area contributed by atoms with E-state index in [-0.39, 0.29) is 16.6 Å². The highest BCUT2D eigenvalue weighted by Crippen LogP contribution is 2.25. The van der Waals surface area contributed by atoms with Gasteiger partial charge in [-0.05, 0) is 30.3 Å². The van der Waals surface area contributed by atoms with E-state index in [2.05, 4.69) is 20.4 Å². The van der Waals surface area contributed by atoms with Crippen molar-refractivity contribution in [3.8, 4) is 11.3 Å². The molecule has 0 atom stereocenters. The third kappa shape index (κ3) is 4.48. The molecule has 9 nitrogen and oxygen atoms in total. The molecular weight excluding hydrogens is 424 g/mol. The van der Waals surface area contributed by atoms with Crippen LogP contribution in [0.2, 0.25) is 0 Å². The quantitative estimate of drug-likeness (QED) is 0.347. The van der Waals surface area contributed by atoms with E-state index in [0.717, 1.165) is 16.3 Å².